The number of nitrogens with one attached hydrogen (secondary N) is 2. The maximum atomic E-state index is 12.7. The van der Waals surface area contributed by atoms with Crippen LogP contribution in [0.3, 0.4) is 0 Å². The fourth-order valence-electron chi connectivity index (χ4n) is 3.06. The Balaban J connectivity index is 1.48. The molecule has 2 N–H and O–H groups in total. The largest absolute Gasteiger partial charge is 0.495 e. The number of para-hydroxylation sites is 1. The Labute approximate surface area is 211 Å². The highest BCUT2D eigenvalue weighted by Gasteiger charge is 2.21. The average molecular weight is 514 g/mol. The van der Waals surface area contributed by atoms with Crippen molar-refractivity contribution in [3.05, 3.63) is 83.9 Å². The number of hydrazone groups is 1. The van der Waals surface area contributed by atoms with Crippen LogP contribution in [0.1, 0.15) is 17.5 Å². The van der Waals surface area contributed by atoms with Crippen LogP contribution in [0.5, 0.6) is 17.2 Å². The van der Waals surface area contributed by atoms with Gasteiger partial charge in [-0.05, 0) is 54.5 Å². The third-order valence-corrected chi connectivity index (χ3v) is 6.16. The van der Waals surface area contributed by atoms with E-state index in [9.17, 15) is 8.42 Å². The number of rotatable bonds is 11. The quantitative estimate of drug-likeness (QED) is 0.130. The van der Waals surface area contributed by atoms with Crippen LogP contribution in [0.25, 0.3) is 0 Å². The van der Waals surface area contributed by atoms with E-state index in [-0.39, 0.29) is 16.4 Å². The number of hydrogen-bond donors (Lipinski definition) is 2. The van der Waals surface area contributed by atoms with Crippen molar-refractivity contribution < 1.29 is 22.1 Å². The minimum atomic E-state index is -4.08. The van der Waals surface area contributed by atoms with Crippen molar-refractivity contribution in [1.29, 1.82) is 0 Å². The molecule has 0 atom stereocenters. The molecular weight excluding hydrogens is 486 g/mol. The molecule has 0 amide bonds. The molecule has 10 heteroatoms. The zero-order valence-electron chi connectivity index (χ0n) is 19.4. The SMILES string of the molecule is COc1ccccc1S(=O)(=O)Oc1cc(C)cc(OCCC=NNC(=S)NCc2ccccc2)c1. The van der Waals surface area contributed by atoms with E-state index in [2.05, 4.69) is 15.8 Å². The summed E-state index contributed by atoms with van der Waals surface area (Å²) < 4.78 is 41.7. The van der Waals surface area contributed by atoms with Gasteiger partial charge in [0.05, 0.1) is 13.7 Å². The molecule has 0 aromatic heterocycles. The van der Waals surface area contributed by atoms with Gasteiger partial charge in [-0.15, -0.1) is 0 Å². The minimum Gasteiger partial charge on any atom is -0.495 e. The van der Waals surface area contributed by atoms with Gasteiger partial charge in [0.1, 0.15) is 22.1 Å². The fraction of sp³-hybridized carbons (Fsp3) is 0.200. The lowest BCUT2D eigenvalue weighted by molar-refractivity contribution is 0.329. The van der Waals surface area contributed by atoms with Crippen molar-refractivity contribution in [3.8, 4) is 17.2 Å². The predicted molar refractivity (Wildman–Crippen MR) is 140 cm³/mol. The second-order valence-corrected chi connectivity index (χ2v) is 9.32. The standard InChI is InChI=1S/C25H27N3O5S2/c1-19-15-21(17-22(16-19)33-35(29,30)24-12-7-6-11-23(24)31-2)32-14-8-13-27-28-25(34)26-18-20-9-4-3-5-10-20/h3-7,9-13,15-17H,8,14,18H2,1-2H3,(H2,26,28,34). The molecule has 0 saturated heterocycles. The highest BCUT2D eigenvalue weighted by molar-refractivity contribution is 7.87. The van der Waals surface area contributed by atoms with E-state index in [4.69, 9.17) is 25.9 Å². The fourth-order valence-corrected chi connectivity index (χ4v) is 4.27. The first kappa shape index (κ1) is 26.0. The Morgan fingerprint density at radius 1 is 1.03 bits per heavy atom. The number of hydrogen-bond acceptors (Lipinski definition) is 7. The Morgan fingerprint density at radius 2 is 1.74 bits per heavy atom. The third kappa shape index (κ3) is 8.27. The van der Waals surface area contributed by atoms with E-state index in [0.29, 0.717) is 30.4 Å². The van der Waals surface area contributed by atoms with Crippen LogP contribution in [0, 0.1) is 6.92 Å². The van der Waals surface area contributed by atoms with Gasteiger partial charge in [-0.2, -0.15) is 13.5 Å². The summed E-state index contributed by atoms with van der Waals surface area (Å²) in [5.41, 5.74) is 4.66. The van der Waals surface area contributed by atoms with Gasteiger partial charge in [0.25, 0.3) is 0 Å². The molecule has 184 valence electrons. The predicted octanol–water partition coefficient (Wildman–Crippen LogP) is 4.19. The summed E-state index contributed by atoms with van der Waals surface area (Å²) in [6, 6.07) is 21.1. The van der Waals surface area contributed by atoms with Gasteiger partial charge in [0.15, 0.2) is 5.11 Å². The maximum absolute atomic E-state index is 12.7. The van der Waals surface area contributed by atoms with Crippen LogP contribution in [0.4, 0.5) is 0 Å². The molecular formula is C25H27N3O5S2. The second-order valence-electron chi connectivity index (χ2n) is 7.40. The summed E-state index contributed by atoms with van der Waals surface area (Å²) >= 11 is 5.19. The summed E-state index contributed by atoms with van der Waals surface area (Å²) in [7, 11) is -2.68. The Bertz CT molecular complexity index is 1270. The number of benzene rings is 3. The van der Waals surface area contributed by atoms with Gasteiger partial charge in [-0.3, -0.25) is 5.43 Å². The smallest absolute Gasteiger partial charge is 0.342 e. The lowest BCUT2D eigenvalue weighted by Gasteiger charge is -2.12. The lowest BCUT2D eigenvalue weighted by Crippen LogP contribution is -2.31. The van der Waals surface area contributed by atoms with Crippen molar-refractivity contribution in [2.75, 3.05) is 13.7 Å². The molecule has 0 radical (unpaired) electrons. The maximum Gasteiger partial charge on any atom is 0.342 e. The summed E-state index contributed by atoms with van der Waals surface area (Å²) in [5.74, 6) is 0.840. The second kappa shape index (κ2) is 12.7. The van der Waals surface area contributed by atoms with E-state index < -0.39 is 10.1 Å². The van der Waals surface area contributed by atoms with Crippen LogP contribution in [-0.4, -0.2) is 33.5 Å². The molecule has 0 bridgehead atoms. The molecule has 0 aliphatic heterocycles. The van der Waals surface area contributed by atoms with Crippen LogP contribution >= 0.6 is 12.2 Å². The van der Waals surface area contributed by atoms with E-state index in [1.165, 1.54) is 19.2 Å². The number of thiocarbonyl (C=S) groups is 1. The number of nitrogens with zero attached hydrogens (tertiary/aromatic N) is 1. The molecule has 35 heavy (non-hydrogen) atoms. The summed E-state index contributed by atoms with van der Waals surface area (Å²) in [4.78, 5) is -0.0497. The highest BCUT2D eigenvalue weighted by atomic mass is 32.2. The molecule has 0 aliphatic carbocycles. The molecule has 3 rings (SSSR count). The number of methoxy groups -OCH3 is 1. The number of ether oxygens (including phenoxy) is 2. The van der Waals surface area contributed by atoms with Crippen LogP contribution in [-0.2, 0) is 16.7 Å². The molecule has 0 aliphatic rings. The van der Waals surface area contributed by atoms with Crippen molar-refractivity contribution >= 4 is 33.7 Å². The Hall–Kier alpha value is -3.63. The van der Waals surface area contributed by atoms with Crippen molar-refractivity contribution in [2.24, 2.45) is 5.10 Å². The van der Waals surface area contributed by atoms with Crippen molar-refractivity contribution in [1.82, 2.24) is 10.7 Å². The molecule has 0 unspecified atom stereocenters. The first-order valence-corrected chi connectivity index (χ1v) is 12.6. The monoisotopic (exact) mass is 513 g/mol. The zero-order chi connectivity index (χ0) is 25.1. The van der Waals surface area contributed by atoms with E-state index in [1.54, 1.807) is 36.5 Å². The van der Waals surface area contributed by atoms with Crippen LogP contribution in [0.15, 0.2) is 82.8 Å². The van der Waals surface area contributed by atoms with Gasteiger partial charge >= 0.3 is 10.1 Å². The molecule has 0 spiro atoms. The molecule has 0 saturated carbocycles. The van der Waals surface area contributed by atoms with Crippen molar-refractivity contribution in [2.45, 2.75) is 24.8 Å². The first-order chi connectivity index (χ1) is 16.9. The van der Waals surface area contributed by atoms with E-state index in [0.717, 1.165) is 11.1 Å². The number of aryl methyl sites for hydroxylation is 1. The van der Waals surface area contributed by atoms with Gasteiger partial charge in [0.2, 0.25) is 0 Å². The van der Waals surface area contributed by atoms with Crippen LogP contribution in [0.2, 0.25) is 0 Å². The van der Waals surface area contributed by atoms with Gasteiger partial charge in [0, 0.05) is 25.2 Å². The molecule has 0 heterocycles. The minimum absolute atomic E-state index is 0.0497. The highest BCUT2D eigenvalue weighted by Crippen LogP contribution is 2.29. The van der Waals surface area contributed by atoms with Gasteiger partial charge < -0.3 is 19.0 Å². The van der Waals surface area contributed by atoms with Gasteiger partial charge in [-0.25, -0.2) is 0 Å². The topological polar surface area (TPSA) is 98.3 Å². The zero-order valence-corrected chi connectivity index (χ0v) is 21.1. The van der Waals surface area contributed by atoms with Gasteiger partial charge in [-0.1, -0.05) is 42.5 Å². The third-order valence-electron chi connectivity index (χ3n) is 4.64. The summed E-state index contributed by atoms with van der Waals surface area (Å²) in [5, 5.41) is 7.56. The average Bonchev–Trinajstić information content (AvgIpc) is 2.85. The lowest BCUT2D eigenvalue weighted by atomic mass is 10.2. The Kier molecular flexibility index (Phi) is 9.45. The first-order valence-electron chi connectivity index (χ1n) is 10.8. The van der Waals surface area contributed by atoms with E-state index in [1.807, 2.05) is 37.3 Å². The summed E-state index contributed by atoms with van der Waals surface area (Å²) in [6.45, 7) is 2.76. The molecule has 3 aromatic rings. The Morgan fingerprint density at radius 3 is 2.51 bits per heavy atom. The van der Waals surface area contributed by atoms with Crippen molar-refractivity contribution in [3.63, 3.8) is 0 Å². The van der Waals surface area contributed by atoms with E-state index >= 15 is 0 Å². The summed E-state index contributed by atoms with van der Waals surface area (Å²) in [6.07, 6.45) is 2.16. The molecule has 8 nitrogen and oxygen atoms in total. The van der Waals surface area contributed by atoms with Crippen LogP contribution < -0.4 is 24.4 Å². The molecule has 0 fully saturated rings. The molecule has 3 aromatic carbocycles. The normalized spacial score (nSPS) is 11.1.